The average Bonchev–Trinajstić information content (AvgIpc) is 3.36. The molecule has 0 radical (unpaired) electrons. The van der Waals surface area contributed by atoms with Crippen LogP contribution in [0.25, 0.3) is 0 Å². The molecular weight excluding hydrogens is 318 g/mol. The van der Waals surface area contributed by atoms with Crippen molar-refractivity contribution < 1.29 is 14.3 Å². The predicted octanol–water partition coefficient (Wildman–Crippen LogP) is 2.78. The lowest BCUT2D eigenvalue weighted by Gasteiger charge is -2.25. The van der Waals surface area contributed by atoms with Crippen LogP contribution < -0.4 is 14.4 Å². The Morgan fingerprint density at radius 3 is 2.84 bits per heavy atom. The fourth-order valence-corrected chi connectivity index (χ4v) is 2.97. The van der Waals surface area contributed by atoms with Gasteiger partial charge in [0.25, 0.3) is 5.91 Å². The number of carbonyl (C=O) groups excluding carboxylic acids is 1. The van der Waals surface area contributed by atoms with Crippen molar-refractivity contribution in [3.05, 3.63) is 48.8 Å². The number of anilines is 1. The molecule has 1 aromatic carbocycles. The molecule has 25 heavy (non-hydrogen) atoms. The highest BCUT2D eigenvalue weighted by molar-refractivity contribution is 6.01. The Kier molecular flexibility index (Phi) is 4.17. The van der Waals surface area contributed by atoms with Crippen LogP contribution in [0.2, 0.25) is 0 Å². The van der Waals surface area contributed by atoms with E-state index in [9.17, 15) is 4.79 Å². The maximum atomic E-state index is 12.5. The second-order valence-corrected chi connectivity index (χ2v) is 6.40. The number of benzene rings is 1. The van der Waals surface area contributed by atoms with Crippen molar-refractivity contribution in [1.29, 1.82) is 0 Å². The van der Waals surface area contributed by atoms with Crippen molar-refractivity contribution in [3.63, 3.8) is 0 Å². The smallest absolute Gasteiger partial charge is 0.250 e. The molecule has 0 saturated heterocycles. The van der Waals surface area contributed by atoms with Gasteiger partial charge in [-0.15, -0.1) is 0 Å². The lowest BCUT2D eigenvalue weighted by Crippen LogP contribution is -2.30. The summed E-state index contributed by atoms with van der Waals surface area (Å²) in [6.45, 7) is 6.05. The third kappa shape index (κ3) is 3.38. The van der Waals surface area contributed by atoms with Crippen LogP contribution in [0.5, 0.6) is 11.5 Å². The van der Waals surface area contributed by atoms with Crippen LogP contribution >= 0.6 is 0 Å². The molecule has 2 aromatic rings. The third-order valence-corrected chi connectivity index (χ3v) is 4.53. The molecule has 1 aliphatic carbocycles. The summed E-state index contributed by atoms with van der Waals surface area (Å²) in [7, 11) is 0. The molecule has 1 fully saturated rings. The van der Waals surface area contributed by atoms with Crippen LogP contribution in [0.4, 0.5) is 5.69 Å². The Morgan fingerprint density at radius 1 is 1.28 bits per heavy atom. The molecule has 130 valence electrons. The highest BCUT2D eigenvalue weighted by atomic mass is 16.6. The molecule has 0 atom stereocenters. The summed E-state index contributed by atoms with van der Waals surface area (Å²) in [5.74, 6) is 1.93. The van der Waals surface area contributed by atoms with Gasteiger partial charge in [0, 0.05) is 24.5 Å². The Bertz CT molecular complexity index is 795. The number of amides is 1. The van der Waals surface area contributed by atoms with Gasteiger partial charge in [-0.25, -0.2) is 0 Å². The van der Waals surface area contributed by atoms with Crippen LogP contribution in [0, 0.1) is 5.92 Å². The lowest BCUT2D eigenvalue weighted by atomic mass is 10.2. The first-order valence-corrected chi connectivity index (χ1v) is 8.59. The van der Waals surface area contributed by atoms with Gasteiger partial charge in [-0.2, -0.15) is 5.10 Å². The molecule has 0 spiro atoms. The average molecular weight is 339 g/mol. The van der Waals surface area contributed by atoms with Crippen LogP contribution in [0.3, 0.4) is 0 Å². The van der Waals surface area contributed by atoms with Crippen molar-refractivity contribution >= 4 is 11.6 Å². The van der Waals surface area contributed by atoms with E-state index in [-0.39, 0.29) is 5.91 Å². The number of ether oxygens (including phenoxy) is 2. The molecule has 0 bridgehead atoms. The molecule has 2 aliphatic rings. The summed E-state index contributed by atoms with van der Waals surface area (Å²) in [5.41, 5.74) is 1.77. The number of hydrogen-bond acceptors (Lipinski definition) is 4. The van der Waals surface area contributed by atoms with Gasteiger partial charge in [-0.05, 0) is 43.0 Å². The first-order valence-electron chi connectivity index (χ1n) is 8.59. The molecule has 0 N–H and O–H groups in total. The van der Waals surface area contributed by atoms with E-state index in [1.807, 2.05) is 28.9 Å². The van der Waals surface area contributed by atoms with Crippen molar-refractivity contribution in [1.82, 2.24) is 9.78 Å². The number of fused-ring (bicyclic) bond motifs is 1. The van der Waals surface area contributed by atoms with Crippen molar-refractivity contribution in [2.24, 2.45) is 5.92 Å². The Balaban J connectivity index is 1.61. The van der Waals surface area contributed by atoms with Crippen molar-refractivity contribution in [2.75, 3.05) is 18.1 Å². The molecule has 2 heterocycles. The minimum absolute atomic E-state index is 0.157. The van der Waals surface area contributed by atoms with Crippen LogP contribution in [-0.2, 0) is 17.9 Å². The number of carbonyl (C=O) groups is 1. The second-order valence-electron chi connectivity index (χ2n) is 6.40. The first-order chi connectivity index (χ1) is 12.2. The minimum Gasteiger partial charge on any atom is -0.486 e. The zero-order chi connectivity index (χ0) is 17.2. The van der Waals surface area contributed by atoms with E-state index in [4.69, 9.17) is 9.47 Å². The van der Waals surface area contributed by atoms with E-state index in [0.29, 0.717) is 31.3 Å². The van der Waals surface area contributed by atoms with E-state index in [1.165, 1.54) is 18.9 Å². The third-order valence-electron chi connectivity index (χ3n) is 4.53. The summed E-state index contributed by atoms with van der Waals surface area (Å²) in [6, 6.07) is 7.52. The van der Waals surface area contributed by atoms with Gasteiger partial charge in [0.2, 0.25) is 0 Å². The van der Waals surface area contributed by atoms with E-state index in [0.717, 1.165) is 23.8 Å². The largest absolute Gasteiger partial charge is 0.486 e. The van der Waals surface area contributed by atoms with Gasteiger partial charge in [0.1, 0.15) is 13.2 Å². The van der Waals surface area contributed by atoms with Gasteiger partial charge in [-0.3, -0.25) is 9.48 Å². The topological polar surface area (TPSA) is 56.6 Å². The van der Waals surface area contributed by atoms with E-state index >= 15 is 0 Å². The predicted molar refractivity (Wildman–Crippen MR) is 93.8 cm³/mol. The number of rotatable bonds is 6. The van der Waals surface area contributed by atoms with Gasteiger partial charge in [-0.1, -0.05) is 6.58 Å². The van der Waals surface area contributed by atoms with Crippen LogP contribution in [-0.4, -0.2) is 28.9 Å². The van der Waals surface area contributed by atoms with E-state index in [1.54, 1.807) is 11.1 Å². The zero-order valence-electron chi connectivity index (χ0n) is 14.1. The minimum atomic E-state index is -0.157. The maximum Gasteiger partial charge on any atom is 0.250 e. The Labute approximate surface area is 146 Å². The molecule has 0 unspecified atom stereocenters. The summed E-state index contributed by atoms with van der Waals surface area (Å²) in [5, 5.41) is 4.41. The van der Waals surface area contributed by atoms with Gasteiger partial charge in [0.05, 0.1) is 12.2 Å². The fourth-order valence-electron chi connectivity index (χ4n) is 2.97. The summed E-state index contributed by atoms with van der Waals surface area (Å²) in [6.07, 6.45) is 5.64. The molecule has 1 saturated carbocycles. The SMILES string of the molecule is C=CC(=O)N(Cc1ccnn1CC1CC1)c1ccc2c(c1)OCCO2. The van der Waals surface area contributed by atoms with E-state index < -0.39 is 0 Å². The number of aromatic nitrogens is 2. The van der Waals surface area contributed by atoms with Crippen molar-refractivity contribution in [2.45, 2.75) is 25.9 Å². The highest BCUT2D eigenvalue weighted by Crippen LogP contribution is 2.35. The molecule has 6 heteroatoms. The van der Waals surface area contributed by atoms with Crippen LogP contribution in [0.1, 0.15) is 18.5 Å². The monoisotopic (exact) mass is 339 g/mol. The quantitative estimate of drug-likeness (QED) is 0.760. The van der Waals surface area contributed by atoms with Gasteiger partial charge < -0.3 is 14.4 Å². The first kappa shape index (κ1) is 15.7. The molecular formula is C19H21N3O3. The fraction of sp³-hybridized carbons (Fsp3) is 0.368. The molecule has 1 aliphatic heterocycles. The Morgan fingerprint density at radius 2 is 2.08 bits per heavy atom. The van der Waals surface area contributed by atoms with Crippen LogP contribution in [0.15, 0.2) is 43.1 Å². The summed E-state index contributed by atoms with van der Waals surface area (Å²) in [4.78, 5) is 14.1. The van der Waals surface area contributed by atoms with E-state index in [2.05, 4.69) is 11.7 Å². The lowest BCUT2D eigenvalue weighted by molar-refractivity contribution is -0.114. The highest BCUT2D eigenvalue weighted by Gasteiger charge is 2.24. The number of hydrogen-bond donors (Lipinski definition) is 0. The molecule has 1 aromatic heterocycles. The standard InChI is InChI=1S/C19H21N3O3/c1-2-19(23)21(13-16-7-8-20-22(16)12-14-3-4-14)15-5-6-17-18(11-15)25-10-9-24-17/h2,5-8,11,14H,1,3-4,9-10,12-13H2. The van der Waals surface area contributed by atoms with Gasteiger partial charge >= 0.3 is 0 Å². The molecule has 6 nitrogen and oxygen atoms in total. The second kappa shape index (κ2) is 6.63. The Hall–Kier alpha value is -2.76. The summed E-state index contributed by atoms with van der Waals surface area (Å²) < 4.78 is 13.2. The van der Waals surface area contributed by atoms with Crippen molar-refractivity contribution in [3.8, 4) is 11.5 Å². The van der Waals surface area contributed by atoms with Gasteiger partial charge in [0.15, 0.2) is 11.5 Å². The zero-order valence-corrected chi connectivity index (χ0v) is 14.1. The molecule has 4 rings (SSSR count). The maximum absolute atomic E-state index is 12.5. The normalized spacial score (nSPS) is 15.7. The molecule has 1 amide bonds. The summed E-state index contributed by atoms with van der Waals surface area (Å²) >= 11 is 0. The number of nitrogens with zero attached hydrogens (tertiary/aromatic N) is 3.